The number of nitrogens with two attached hydrogens (primary N) is 1. The molecule has 1 aromatic carbocycles. The van der Waals surface area contributed by atoms with Gasteiger partial charge < -0.3 is 0 Å². The molecule has 0 aliphatic rings. The molecule has 0 spiro atoms. The van der Waals surface area contributed by atoms with Crippen LogP contribution in [0.2, 0.25) is 0 Å². The lowest BCUT2D eigenvalue weighted by molar-refractivity contribution is 0.555. The summed E-state index contributed by atoms with van der Waals surface area (Å²) >= 11 is 1.78. The van der Waals surface area contributed by atoms with Crippen LogP contribution in [0.15, 0.2) is 41.8 Å². The van der Waals surface area contributed by atoms with Gasteiger partial charge in [-0.05, 0) is 29.0 Å². The van der Waals surface area contributed by atoms with E-state index in [1.165, 1.54) is 16.0 Å². The summed E-state index contributed by atoms with van der Waals surface area (Å²) < 4.78 is 0. The summed E-state index contributed by atoms with van der Waals surface area (Å²) in [7, 11) is 0. The van der Waals surface area contributed by atoms with Gasteiger partial charge in [0.25, 0.3) is 0 Å². The van der Waals surface area contributed by atoms with Crippen molar-refractivity contribution < 1.29 is 0 Å². The molecule has 0 aliphatic heterocycles. The minimum Gasteiger partial charge on any atom is -0.271 e. The number of hydrazine groups is 1. The third kappa shape index (κ3) is 3.16. The molecule has 3 N–H and O–H groups in total. The largest absolute Gasteiger partial charge is 0.271 e. The van der Waals surface area contributed by atoms with Gasteiger partial charge in [-0.15, -0.1) is 11.3 Å². The molecule has 0 saturated heterocycles. The molecule has 2 nitrogen and oxygen atoms in total. The molecule has 0 fully saturated rings. The van der Waals surface area contributed by atoms with E-state index in [1.54, 1.807) is 11.3 Å². The summed E-state index contributed by atoms with van der Waals surface area (Å²) in [6, 6.07) is 13.1. The zero-order valence-electron chi connectivity index (χ0n) is 10.0. The Kier molecular flexibility index (Phi) is 4.31. The maximum atomic E-state index is 5.67. The normalized spacial score (nSPS) is 12.6. The number of nitrogens with one attached hydrogen (secondary N) is 1. The van der Waals surface area contributed by atoms with Crippen LogP contribution in [-0.2, 0) is 12.8 Å². The Labute approximate surface area is 106 Å². The second-order valence-corrected chi connectivity index (χ2v) is 5.13. The van der Waals surface area contributed by atoms with Gasteiger partial charge in [-0.1, -0.05) is 37.3 Å². The standard InChI is InChI=1S/C14H18N2S/c1-2-11-5-3-6-12(9-11)14(16-15)10-13-7-4-8-17-13/h3-9,14,16H,2,10,15H2,1H3. The zero-order valence-corrected chi connectivity index (χ0v) is 10.8. The first-order chi connectivity index (χ1) is 8.33. The highest BCUT2D eigenvalue weighted by Crippen LogP contribution is 2.21. The van der Waals surface area contributed by atoms with Gasteiger partial charge >= 0.3 is 0 Å². The van der Waals surface area contributed by atoms with Crippen LogP contribution in [0.1, 0.15) is 29.0 Å². The number of hydrogen-bond acceptors (Lipinski definition) is 3. The van der Waals surface area contributed by atoms with E-state index in [0.29, 0.717) is 0 Å². The van der Waals surface area contributed by atoms with Crippen LogP contribution < -0.4 is 11.3 Å². The van der Waals surface area contributed by atoms with E-state index in [1.807, 2.05) is 0 Å². The number of thiophene rings is 1. The maximum absolute atomic E-state index is 5.67. The Morgan fingerprint density at radius 2 is 2.18 bits per heavy atom. The second-order valence-electron chi connectivity index (χ2n) is 4.10. The van der Waals surface area contributed by atoms with Crippen LogP contribution in [0, 0.1) is 0 Å². The predicted octanol–water partition coefficient (Wildman–Crippen LogP) is 3.06. The summed E-state index contributed by atoms with van der Waals surface area (Å²) in [5.41, 5.74) is 5.53. The number of rotatable bonds is 5. The highest BCUT2D eigenvalue weighted by molar-refractivity contribution is 7.09. The monoisotopic (exact) mass is 246 g/mol. The van der Waals surface area contributed by atoms with Crippen LogP contribution in [-0.4, -0.2) is 0 Å². The minimum atomic E-state index is 0.195. The first-order valence-corrected chi connectivity index (χ1v) is 6.78. The molecule has 0 radical (unpaired) electrons. The van der Waals surface area contributed by atoms with E-state index < -0.39 is 0 Å². The van der Waals surface area contributed by atoms with E-state index in [-0.39, 0.29) is 6.04 Å². The summed E-state index contributed by atoms with van der Waals surface area (Å²) in [6.07, 6.45) is 2.01. The third-order valence-electron chi connectivity index (χ3n) is 2.95. The summed E-state index contributed by atoms with van der Waals surface area (Å²) in [4.78, 5) is 1.36. The molecule has 90 valence electrons. The highest BCUT2D eigenvalue weighted by atomic mass is 32.1. The highest BCUT2D eigenvalue weighted by Gasteiger charge is 2.11. The van der Waals surface area contributed by atoms with Gasteiger partial charge in [0.05, 0.1) is 6.04 Å². The Morgan fingerprint density at radius 3 is 2.82 bits per heavy atom. The van der Waals surface area contributed by atoms with Crippen molar-refractivity contribution in [2.24, 2.45) is 5.84 Å². The predicted molar refractivity (Wildman–Crippen MR) is 73.9 cm³/mol. The lowest BCUT2D eigenvalue weighted by Gasteiger charge is -2.16. The molecule has 0 saturated carbocycles. The van der Waals surface area contributed by atoms with Gasteiger partial charge in [-0.3, -0.25) is 11.3 Å². The lowest BCUT2D eigenvalue weighted by atomic mass is 10.0. The first-order valence-electron chi connectivity index (χ1n) is 5.91. The van der Waals surface area contributed by atoms with Gasteiger partial charge in [-0.2, -0.15) is 0 Å². The van der Waals surface area contributed by atoms with Crippen molar-refractivity contribution in [1.29, 1.82) is 0 Å². The Bertz CT molecular complexity index is 451. The fourth-order valence-electron chi connectivity index (χ4n) is 1.93. The SMILES string of the molecule is CCc1cccc(C(Cc2cccs2)NN)c1. The smallest absolute Gasteiger partial charge is 0.0508 e. The van der Waals surface area contributed by atoms with Gasteiger partial charge in [0.15, 0.2) is 0 Å². The Morgan fingerprint density at radius 1 is 1.29 bits per heavy atom. The van der Waals surface area contributed by atoms with E-state index >= 15 is 0 Å². The fourth-order valence-corrected chi connectivity index (χ4v) is 2.68. The van der Waals surface area contributed by atoms with E-state index in [4.69, 9.17) is 5.84 Å². The summed E-state index contributed by atoms with van der Waals surface area (Å²) in [5, 5.41) is 2.10. The molecule has 1 heterocycles. The second kappa shape index (κ2) is 5.96. The van der Waals surface area contributed by atoms with Crippen LogP contribution in [0.4, 0.5) is 0 Å². The maximum Gasteiger partial charge on any atom is 0.0508 e. The molecular weight excluding hydrogens is 228 g/mol. The van der Waals surface area contributed by atoms with Crippen LogP contribution >= 0.6 is 11.3 Å². The molecule has 0 aliphatic carbocycles. The molecule has 3 heteroatoms. The summed E-state index contributed by atoms with van der Waals surface area (Å²) in [5.74, 6) is 5.67. The van der Waals surface area contributed by atoms with Gasteiger partial charge in [0, 0.05) is 11.3 Å². The average molecular weight is 246 g/mol. The Balaban J connectivity index is 2.16. The topological polar surface area (TPSA) is 38.0 Å². The third-order valence-corrected chi connectivity index (χ3v) is 3.85. The number of aryl methyl sites for hydroxylation is 1. The van der Waals surface area contributed by atoms with Crippen molar-refractivity contribution in [1.82, 2.24) is 5.43 Å². The van der Waals surface area contributed by atoms with E-state index in [9.17, 15) is 0 Å². The van der Waals surface area contributed by atoms with Crippen molar-refractivity contribution >= 4 is 11.3 Å². The van der Waals surface area contributed by atoms with Crippen LogP contribution in [0.5, 0.6) is 0 Å². The van der Waals surface area contributed by atoms with Crippen molar-refractivity contribution in [3.63, 3.8) is 0 Å². The first kappa shape index (κ1) is 12.3. The van der Waals surface area contributed by atoms with Crippen molar-refractivity contribution in [2.75, 3.05) is 0 Å². The minimum absolute atomic E-state index is 0.195. The lowest BCUT2D eigenvalue weighted by Crippen LogP contribution is -2.29. The average Bonchev–Trinajstić information content (AvgIpc) is 2.89. The van der Waals surface area contributed by atoms with Crippen LogP contribution in [0.25, 0.3) is 0 Å². The Hall–Kier alpha value is -1.16. The molecular formula is C14H18N2S. The van der Waals surface area contributed by atoms with Gasteiger partial charge in [0.1, 0.15) is 0 Å². The van der Waals surface area contributed by atoms with Gasteiger partial charge in [-0.25, -0.2) is 0 Å². The fraction of sp³-hybridized carbons (Fsp3) is 0.286. The number of benzene rings is 1. The van der Waals surface area contributed by atoms with E-state index in [0.717, 1.165) is 12.8 Å². The molecule has 0 amide bonds. The van der Waals surface area contributed by atoms with E-state index in [2.05, 4.69) is 54.1 Å². The summed E-state index contributed by atoms with van der Waals surface area (Å²) in [6.45, 7) is 2.17. The molecule has 1 aromatic heterocycles. The van der Waals surface area contributed by atoms with Crippen molar-refractivity contribution in [3.8, 4) is 0 Å². The van der Waals surface area contributed by atoms with Gasteiger partial charge in [0.2, 0.25) is 0 Å². The van der Waals surface area contributed by atoms with Crippen molar-refractivity contribution in [2.45, 2.75) is 25.8 Å². The molecule has 1 atom stereocenters. The molecule has 2 rings (SSSR count). The zero-order chi connectivity index (χ0) is 12.1. The van der Waals surface area contributed by atoms with Crippen LogP contribution in [0.3, 0.4) is 0 Å². The number of hydrogen-bond donors (Lipinski definition) is 2. The molecule has 2 aromatic rings. The quantitative estimate of drug-likeness (QED) is 0.628. The molecule has 0 bridgehead atoms. The molecule has 1 unspecified atom stereocenters. The van der Waals surface area contributed by atoms with Crippen molar-refractivity contribution in [3.05, 3.63) is 57.8 Å². The molecule has 17 heavy (non-hydrogen) atoms.